The fourth-order valence-corrected chi connectivity index (χ4v) is 3.02. The zero-order chi connectivity index (χ0) is 15.2. The fraction of sp³-hybridized carbons (Fsp3) is 0.429. The topological polar surface area (TPSA) is 69.6 Å². The number of aliphatic hydroxyl groups excluding tert-OH is 1. The number of hydrogen-bond donors (Lipinski definition) is 2. The third-order valence-corrected chi connectivity index (χ3v) is 4.44. The van der Waals surface area contributed by atoms with Crippen LogP contribution in [0.3, 0.4) is 0 Å². The van der Waals surface area contributed by atoms with Gasteiger partial charge in [-0.05, 0) is 24.6 Å². The van der Waals surface area contributed by atoms with Crippen LogP contribution in [0.4, 0.5) is 5.69 Å². The first-order chi connectivity index (χ1) is 9.44. The standard InChI is InChI=1S/C14H20N2O3S/c1-4-16(5-2)20(18,19)15-14-9-8-12(3)11-13(14)7-6-10-17/h8-9,11,15,17H,4-5,10H2,1-3H3. The Kier molecular flexibility index (Phi) is 6.02. The molecule has 0 aromatic heterocycles. The van der Waals surface area contributed by atoms with Gasteiger partial charge in [0, 0.05) is 18.7 Å². The van der Waals surface area contributed by atoms with Crippen LogP contribution in [0.1, 0.15) is 25.0 Å². The second-order valence-electron chi connectivity index (χ2n) is 4.20. The molecular formula is C14H20N2O3S. The van der Waals surface area contributed by atoms with Crippen LogP contribution in [0.25, 0.3) is 0 Å². The van der Waals surface area contributed by atoms with Crippen LogP contribution in [-0.4, -0.2) is 37.5 Å². The Balaban J connectivity index is 3.15. The van der Waals surface area contributed by atoms with Gasteiger partial charge in [-0.15, -0.1) is 0 Å². The first-order valence-corrected chi connectivity index (χ1v) is 7.86. The molecule has 0 saturated heterocycles. The molecule has 0 amide bonds. The molecule has 0 spiro atoms. The van der Waals surface area contributed by atoms with E-state index in [0.717, 1.165) is 5.56 Å². The van der Waals surface area contributed by atoms with Gasteiger partial charge < -0.3 is 5.11 Å². The highest BCUT2D eigenvalue weighted by atomic mass is 32.2. The lowest BCUT2D eigenvalue weighted by Crippen LogP contribution is -2.35. The van der Waals surface area contributed by atoms with Crippen LogP contribution in [0.15, 0.2) is 18.2 Å². The summed E-state index contributed by atoms with van der Waals surface area (Å²) in [5, 5.41) is 8.76. The van der Waals surface area contributed by atoms with Crippen molar-refractivity contribution in [3.63, 3.8) is 0 Å². The number of anilines is 1. The summed E-state index contributed by atoms with van der Waals surface area (Å²) in [7, 11) is -3.58. The largest absolute Gasteiger partial charge is 0.384 e. The van der Waals surface area contributed by atoms with Crippen LogP contribution < -0.4 is 4.72 Å². The molecule has 2 N–H and O–H groups in total. The second kappa shape index (κ2) is 7.29. The molecule has 0 bridgehead atoms. The normalized spacial score (nSPS) is 11.1. The maximum absolute atomic E-state index is 12.2. The lowest BCUT2D eigenvalue weighted by molar-refractivity contribution is 0.350. The summed E-state index contributed by atoms with van der Waals surface area (Å²) < 4.78 is 28.2. The van der Waals surface area contributed by atoms with Gasteiger partial charge in [-0.25, -0.2) is 0 Å². The van der Waals surface area contributed by atoms with E-state index >= 15 is 0 Å². The van der Waals surface area contributed by atoms with Crippen LogP contribution in [0.5, 0.6) is 0 Å². The molecule has 5 nitrogen and oxygen atoms in total. The highest BCUT2D eigenvalue weighted by Gasteiger charge is 2.19. The van der Waals surface area contributed by atoms with E-state index in [4.69, 9.17) is 5.11 Å². The lowest BCUT2D eigenvalue weighted by atomic mass is 10.1. The Labute approximate surface area is 120 Å². The van der Waals surface area contributed by atoms with Gasteiger partial charge in [-0.2, -0.15) is 12.7 Å². The van der Waals surface area contributed by atoms with E-state index in [1.165, 1.54) is 4.31 Å². The quantitative estimate of drug-likeness (QED) is 0.806. The van der Waals surface area contributed by atoms with Crippen molar-refractivity contribution in [2.75, 3.05) is 24.4 Å². The van der Waals surface area contributed by atoms with Crippen LogP contribution in [0, 0.1) is 18.8 Å². The fourth-order valence-electron chi connectivity index (χ4n) is 1.75. The summed E-state index contributed by atoms with van der Waals surface area (Å²) >= 11 is 0. The summed E-state index contributed by atoms with van der Waals surface area (Å²) in [5.74, 6) is 5.29. The Morgan fingerprint density at radius 1 is 1.30 bits per heavy atom. The number of nitrogens with one attached hydrogen (secondary N) is 1. The molecule has 0 aliphatic rings. The van der Waals surface area contributed by atoms with Gasteiger partial charge in [0.05, 0.1) is 5.69 Å². The number of benzene rings is 1. The summed E-state index contributed by atoms with van der Waals surface area (Å²) in [5.41, 5.74) is 1.94. The van der Waals surface area contributed by atoms with Crippen molar-refractivity contribution in [2.45, 2.75) is 20.8 Å². The zero-order valence-electron chi connectivity index (χ0n) is 12.0. The SMILES string of the molecule is CCN(CC)S(=O)(=O)Nc1ccc(C)cc1C#CCO. The first-order valence-electron chi connectivity index (χ1n) is 6.42. The summed E-state index contributed by atoms with van der Waals surface area (Å²) in [6, 6.07) is 5.27. The predicted molar refractivity (Wildman–Crippen MR) is 80.6 cm³/mol. The highest BCUT2D eigenvalue weighted by Crippen LogP contribution is 2.19. The number of nitrogens with zero attached hydrogens (tertiary/aromatic N) is 1. The third kappa shape index (κ3) is 4.23. The summed E-state index contributed by atoms with van der Waals surface area (Å²) in [6.07, 6.45) is 0. The highest BCUT2D eigenvalue weighted by molar-refractivity contribution is 7.90. The van der Waals surface area contributed by atoms with E-state index in [-0.39, 0.29) is 6.61 Å². The van der Waals surface area contributed by atoms with Gasteiger partial charge in [0.1, 0.15) is 6.61 Å². The van der Waals surface area contributed by atoms with E-state index in [1.54, 1.807) is 26.0 Å². The summed E-state index contributed by atoms with van der Waals surface area (Å²) in [6.45, 7) is 5.99. The smallest absolute Gasteiger partial charge is 0.301 e. The van der Waals surface area contributed by atoms with Gasteiger partial charge in [0.25, 0.3) is 0 Å². The zero-order valence-corrected chi connectivity index (χ0v) is 12.8. The Morgan fingerprint density at radius 3 is 2.50 bits per heavy atom. The van der Waals surface area contributed by atoms with Gasteiger partial charge in [0.15, 0.2) is 0 Å². The van der Waals surface area contributed by atoms with Gasteiger partial charge in [-0.3, -0.25) is 4.72 Å². The van der Waals surface area contributed by atoms with Crippen LogP contribution in [0.2, 0.25) is 0 Å². The van der Waals surface area contributed by atoms with Crippen LogP contribution in [-0.2, 0) is 10.2 Å². The Morgan fingerprint density at radius 2 is 1.95 bits per heavy atom. The Bertz CT molecular complexity index is 611. The molecule has 0 saturated carbocycles. The molecule has 0 aliphatic heterocycles. The molecule has 20 heavy (non-hydrogen) atoms. The molecular weight excluding hydrogens is 276 g/mol. The van der Waals surface area contributed by atoms with E-state index in [2.05, 4.69) is 16.6 Å². The number of hydrogen-bond acceptors (Lipinski definition) is 3. The monoisotopic (exact) mass is 296 g/mol. The average Bonchev–Trinajstić information content (AvgIpc) is 2.39. The molecule has 1 rings (SSSR count). The van der Waals surface area contributed by atoms with Crippen molar-refractivity contribution in [1.82, 2.24) is 4.31 Å². The van der Waals surface area contributed by atoms with Gasteiger partial charge in [0.2, 0.25) is 0 Å². The third-order valence-electron chi connectivity index (χ3n) is 2.76. The molecule has 0 heterocycles. The molecule has 0 unspecified atom stereocenters. The molecule has 0 atom stereocenters. The van der Waals surface area contributed by atoms with Gasteiger partial charge >= 0.3 is 10.2 Å². The van der Waals surface area contributed by atoms with E-state index in [1.807, 2.05) is 13.0 Å². The molecule has 0 aliphatic carbocycles. The molecule has 1 aromatic carbocycles. The number of aliphatic hydroxyl groups is 1. The van der Waals surface area contributed by atoms with Gasteiger partial charge in [-0.1, -0.05) is 31.8 Å². The number of aryl methyl sites for hydroxylation is 1. The number of rotatable bonds is 5. The van der Waals surface area contributed by atoms with Crippen molar-refractivity contribution in [2.24, 2.45) is 0 Å². The molecule has 6 heteroatoms. The van der Waals surface area contributed by atoms with E-state index < -0.39 is 10.2 Å². The molecule has 0 fully saturated rings. The molecule has 110 valence electrons. The predicted octanol–water partition coefficient (Wildman–Crippen LogP) is 1.34. The maximum Gasteiger partial charge on any atom is 0.301 e. The van der Waals surface area contributed by atoms with Crippen molar-refractivity contribution >= 4 is 15.9 Å². The molecule has 0 radical (unpaired) electrons. The average molecular weight is 296 g/mol. The first kappa shape index (κ1) is 16.5. The minimum absolute atomic E-state index is 0.268. The minimum atomic E-state index is -3.58. The van der Waals surface area contributed by atoms with Crippen molar-refractivity contribution < 1.29 is 13.5 Å². The van der Waals surface area contributed by atoms with E-state index in [0.29, 0.717) is 24.3 Å². The van der Waals surface area contributed by atoms with Crippen molar-refractivity contribution in [3.8, 4) is 11.8 Å². The minimum Gasteiger partial charge on any atom is -0.384 e. The van der Waals surface area contributed by atoms with Crippen molar-refractivity contribution in [3.05, 3.63) is 29.3 Å². The molecule has 1 aromatic rings. The second-order valence-corrected chi connectivity index (χ2v) is 5.87. The maximum atomic E-state index is 12.2. The lowest BCUT2D eigenvalue weighted by Gasteiger charge is -2.20. The van der Waals surface area contributed by atoms with E-state index in [9.17, 15) is 8.42 Å². The van der Waals surface area contributed by atoms with Crippen molar-refractivity contribution in [1.29, 1.82) is 0 Å². The van der Waals surface area contributed by atoms with Crippen LogP contribution >= 0.6 is 0 Å². The summed E-state index contributed by atoms with van der Waals surface area (Å²) in [4.78, 5) is 0. The Hall–Kier alpha value is -1.55.